The van der Waals surface area contributed by atoms with Crippen molar-refractivity contribution >= 4 is 0 Å². The zero-order valence-electron chi connectivity index (χ0n) is 8.25. The van der Waals surface area contributed by atoms with Crippen LogP contribution in [0.2, 0.25) is 0 Å². The molecule has 68 valence electrons. The standard InChI is InChI=1S/C7H9N.C3H9N/c8-4-5-1-6-3-7(6)2-5;1-4(2)3/h5-7H,1-3H2;1-3H3. The van der Waals surface area contributed by atoms with Crippen LogP contribution >= 0.6 is 0 Å². The summed E-state index contributed by atoms with van der Waals surface area (Å²) in [6.45, 7) is 0. The number of nitrogens with zero attached hydrogens (tertiary/aromatic N) is 2. The number of nitriles is 1. The van der Waals surface area contributed by atoms with Crippen molar-refractivity contribution in [2.75, 3.05) is 21.1 Å². The van der Waals surface area contributed by atoms with Crippen LogP contribution < -0.4 is 0 Å². The molecule has 2 atom stereocenters. The van der Waals surface area contributed by atoms with Crippen LogP contribution in [-0.2, 0) is 0 Å². The molecule has 0 N–H and O–H groups in total. The molecule has 2 aliphatic rings. The van der Waals surface area contributed by atoms with Crippen molar-refractivity contribution in [1.29, 1.82) is 5.26 Å². The molecule has 0 aromatic rings. The first-order valence-electron chi connectivity index (χ1n) is 4.64. The maximum Gasteiger partial charge on any atom is 0.0655 e. The molecular weight excluding hydrogens is 148 g/mol. The zero-order valence-corrected chi connectivity index (χ0v) is 8.25. The predicted molar refractivity (Wildman–Crippen MR) is 49.5 cm³/mol. The van der Waals surface area contributed by atoms with E-state index in [1.54, 1.807) is 0 Å². The van der Waals surface area contributed by atoms with Gasteiger partial charge in [-0.1, -0.05) is 0 Å². The van der Waals surface area contributed by atoms with Crippen LogP contribution in [0.4, 0.5) is 0 Å². The molecule has 0 amide bonds. The van der Waals surface area contributed by atoms with Gasteiger partial charge in [0.2, 0.25) is 0 Å². The maximum atomic E-state index is 8.45. The first kappa shape index (κ1) is 9.54. The van der Waals surface area contributed by atoms with Crippen LogP contribution in [0.3, 0.4) is 0 Å². The van der Waals surface area contributed by atoms with E-state index in [1.165, 1.54) is 19.3 Å². The molecule has 0 aliphatic heterocycles. The highest BCUT2D eigenvalue weighted by atomic mass is 15.0. The van der Waals surface area contributed by atoms with Crippen LogP contribution in [0.5, 0.6) is 0 Å². The third-order valence-corrected chi connectivity index (χ3v) is 2.43. The lowest BCUT2D eigenvalue weighted by atomic mass is 10.1. The van der Waals surface area contributed by atoms with Crippen LogP contribution in [0.25, 0.3) is 0 Å². The van der Waals surface area contributed by atoms with E-state index >= 15 is 0 Å². The smallest absolute Gasteiger partial charge is 0.0655 e. The van der Waals surface area contributed by atoms with Gasteiger partial charge in [0.1, 0.15) is 0 Å². The quantitative estimate of drug-likeness (QED) is 0.548. The minimum atomic E-state index is 0.429. The van der Waals surface area contributed by atoms with Gasteiger partial charge in [0.25, 0.3) is 0 Å². The Hall–Kier alpha value is -0.550. The van der Waals surface area contributed by atoms with Gasteiger partial charge in [-0.15, -0.1) is 0 Å². The molecule has 2 nitrogen and oxygen atoms in total. The number of hydrogen-bond acceptors (Lipinski definition) is 2. The van der Waals surface area contributed by atoms with E-state index in [2.05, 4.69) is 6.07 Å². The predicted octanol–water partition coefficient (Wildman–Crippen LogP) is 1.73. The first-order chi connectivity index (χ1) is 5.63. The van der Waals surface area contributed by atoms with Gasteiger partial charge in [0.15, 0.2) is 0 Å². The maximum absolute atomic E-state index is 8.45. The summed E-state index contributed by atoms with van der Waals surface area (Å²) >= 11 is 0. The van der Waals surface area contributed by atoms with E-state index in [1.807, 2.05) is 26.0 Å². The highest BCUT2D eigenvalue weighted by Crippen LogP contribution is 2.53. The van der Waals surface area contributed by atoms with Crippen LogP contribution in [0.15, 0.2) is 0 Å². The molecule has 2 fully saturated rings. The van der Waals surface area contributed by atoms with Crippen molar-refractivity contribution in [3.63, 3.8) is 0 Å². The normalized spacial score (nSPS) is 36.4. The molecule has 2 aliphatic carbocycles. The van der Waals surface area contributed by atoms with Gasteiger partial charge < -0.3 is 4.90 Å². The van der Waals surface area contributed by atoms with E-state index in [9.17, 15) is 0 Å². The molecule has 2 rings (SSSR count). The number of hydrogen-bond donors (Lipinski definition) is 0. The molecule has 12 heavy (non-hydrogen) atoms. The fourth-order valence-corrected chi connectivity index (χ4v) is 1.82. The Morgan fingerprint density at radius 2 is 1.50 bits per heavy atom. The highest BCUT2D eigenvalue weighted by molar-refractivity contribution is 5.02. The van der Waals surface area contributed by atoms with Crippen molar-refractivity contribution in [3.05, 3.63) is 0 Å². The molecule has 0 heterocycles. The molecule has 0 spiro atoms. The lowest BCUT2D eigenvalue weighted by molar-refractivity contribution is 0.505. The van der Waals surface area contributed by atoms with E-state index in [0.717, 1.165) is 11.8 Å². The van der Waals surface area contributed by atoms with Crippen LogP contribution in [-0.4, -0.2) is 26.0 Å². The van der Waals surface area contributed by atoms with E-state index in [4.69, 9.17) is 5.26 Å². The third-order valence-electron chi connectivity index (χ3n) is 2.43. The topological polar surface area (TPSA) is 27.0 Å². The summed E-state index contributed by atoms with van der Waals surface area (Å²) in [5.74, 6) is 2.37. The van der Waals surface area contributed by atoms with Gasteiger partial charge in [-0.2, -0.15) is 5.26 Å². The lowest BCUT2D eigenvalue weighted by Gasteiger charge is -1.95. The number of rotatable bonds is 0. The second-order valence-corrected chi connectivity index (χ2v) is 4.39. The molecule has 0 bridgehead atoms. The third kappa shape index (κ3) is 2.83. The molecule has 2 saturated carbocycles. The van der Waals surface area contributed by atoms with Gasteiger partial charge in [-0.3, -0.25) is 0 Å². The molecule has 2 heteroatoms. The summed E-state index contributed by atoms with van der Waals surface area (Å²) in [7, 11) is 6.00. The van der Waals surface area contributed by atoms with Crippen molar-refractivity contribution < 1.29 is 0 Å². The van der Waals surface area contributed by atoms with Gasteiger partial charge in [0.05, 0.1) is 6.07 Å². The molecule has 0 saturated heterocycles. The SMILES string of the molecule is CN(C)C.N#CC1CC2CC2C1. The van der Waals surface area contributed by atoms with Crippen LogP contribution in [0.1, 0.15) is 19.3 Å². The average molecular weight is 166 g/mol. The van der Waals surface area contributed by atoms with Gasteiger partial charge in [0, 0.05) is 5.92 Å². The second kappa shape index (κ2) is 3.91. The molecule has 2 unspecified atom stereocenters. The Balaban J connectivity index is 0.000000157. The Labute approximate surface area is 75.2 Å². The van der Waals surface area contributed by atoms with Crippen molar-refractivity contribution in [2.24, 2.45) is 17.8 Å². The highest BCUT2D eigenvalue weighted by Gasteiger charge is 2.45. The minimum Gasteiger partial charge on any atom is -0.312 e. The summed E-state index contributed by atoms with van der Waals surface area (Å²) < 4.78 is 0. The second-order valence-electron chi connectivity index (χ2n) is 4.39. The van der Waals surface area contributed by atoms with Crippen molar-refractivity contribution in [3.8, 4) is 6.07 Å². The van der Waals surface area contributed by atoms with Gasteiger partial charge in [-0.05, 0) is 52.2 Å². The Kier molecular flexibility index (Phi) is 3.11. The zero-order chi connectivity index (χ0) is 9.14. The monoisotopic (exact) mass is 166 g/mol. The van der Waals surface area contributed by atoms with Crippen molar-refractivity contribution in [1.82, 2.24) is 4.90 Å². The summed E-state index contributed by atoms with van der Waals surface area (Å²) in [5.41, 5.74) is 0. The van der Waals surface area contributed by atoms with Gasteiger partial charge in [-0.25, -0.2) is 0 Å². The van der Waals surface area contributed by atoms with Crippen LogP contribution in [0, 0.1) is 29.1 Å². The Morgan fingerprint density at radius 1 is 1.08 bits per heavy atom. The summed E-state index contributed by atoms with van der Waals surface area (Å²) in [4.78, 5) is 2.00. The number of fused-ring (bicyclic) bond motifs is 1. The van der Waals surface area contributed by atoms with Crippen molar-refractivity contribution in [2.45, 2.75) is 19.3 Å². The Bertz CT molecular complexity index is 168. The largest absolute Gasteiger partial charge is 0.312 e. The van der Waals surface area contributed by atoms with Gasteiger partial charge >= 0.3 is 0 Å². The fourth-order valence-electron chi connectivity index (χ4n) is 1.82. The summed E-state index contributed by atoms with van der Waals surface area (Å²) in [6, 6.07) is 2.32. The average Bonchev–Trinajstić information content (AvgIpc) is 2.58. The molecular formula is C10H18N2. The van der Waals surface area contributed by atoms with E-state index < -0.39 is 0 Å². The Morgan fingerprint density at radius 3 is 1.75 bits per heavy atom. The van der Waals surface area contributed by atoms with E-state index in [0.29, 0.717) is 5.92 Å². The van der Waals surface area contributed by atoms with E-state index in [-0.39, 0.29) is 0 Å². The minimum absolute atomic E-state index is 0.429. The first-order valence-corrected chi connectivity index (χ1v) is 4.64. The fraction of sp³-hybridized carbons (Fsp3) is 0.900. The molecule has 0 radical (unpaired) electrons. The molecule has 0 aromatic heterocycles. The summed E-state index contributed by atoms with van der Waals surface area (Å²) in [5, 5.41) is 8.45. The lowest BCUT2D eigenvalue weighted by Crippen LogP contribution is -1.99. The summed E-state index contributed by atoms with van der Waals surface area (Å²) in [6.07, 6.45) is 3.85. The molecule has 0 aromatic carbocycles.